The standard InChI is InChI=1S/C13H16BrClO/c1-10-7-11(15)3-4-12(10)16-9-13(8-14)5-2-6-13/h3-4,7H,2,5-6,8-9H2,1H3. The molecular formula is C13H16BrClO. The van der Waals surface area contributed by atoms with Gasteiger partial charge in [0.2, 0.25) is 0 Å². The molecule has 0 bridgehead atoms. The molecule has 0 saturated heterocycles. The summed E-state index contributed by atoms with van der Waals surface area (Å²) in [4.78, 5) is 0. The summed E-state index contributed by atoms with van der Waals surface area (Å²) in [6, 6.07) is 5.78. The maximum absolute atomic E-state index is 5.91. The second kappa shape index (κ2) is 4.97. The first-order valence-corrected chi connectivity index (χ1v) is 7.10. The van der Waals surface area contributed by atoms with E-state index in [0.717, 1.165) is 28.3 Å². The summed E-state index contributed by atoms with van der Waals surface area (Å²) in [6.07, 6.45) is 3.87. The molecule has 1 aromatic rings. The van der Waals surface area contributed by atoms with Gasteiger partial charge in [-0.15, -0.1) is 0 Å². The zero-order valence-electron chi connectivity index (χ0n) is 9.43. The lowest BCUT2D eigenvalue weighted by Gasteiger charge is -2.40. The van der Waals surface area contributed by atoms with Crippen molar-refractivity contribution in [3.63, 3.8) is 0 Å². The molecule has 0 N–H and O–H groups in total. The van der Waals surface area contributed by atoms with Crippen molar-refractivity contribution in [2.75, 3.05) is 11.9 Å². The van der Waals surface area contributed by atoms with E-state index in [1.807, 2.05) is 25.1 Å². The van der Waals surface area contributed by atoms with Crippen molar-refractivity contribution in [2.45, 2.75) is 26.2 Å². The van der Waals surface area contributed by atoms with Gasteiger partial charge in [0.15, 0.2) is 0 Å². The molecule has 1 aliphatic rings. The number of ether oxygens (including phenoxy) is 1. The van der Waals surface area contributed by atoms with Gasteiger partial charge in [0.25, 0.3) is 0 Å². The molecule has 0 spiro atoms. The Bertz CT molecular complexity index is 369. The Morgan fingerprint density at radius 2 is 2.19 bits per heavy atom. The minimum atomic E-state index is 0.367. The normalized spacial score (nSPS) is 17.9. The Morgan fingerprint density at radius 3 is 2.69 bits per heavy atom. The minimum Gasteiger partial charge on any atom is -0.493 e. The fourth-order valence-electron chi connectivity index (χ4n) is 2.00. The van der Waals surface area contributed by atoms with Crippen LogP contribution in [0.3, 0.4) is 0 Å². The first kappa shape index (κ1) is 12.3. The van der Waals surface area contributed by atoms with Crippen LogP contribution < -0.4 is 4.74 Å². The number of halogens is 2. The SMILES string of the molecule is Cc1cc(Cl)ccc1OCC1(CBr)CCC1. The highest BCUT2D eigenvalue weighted by atomic mass is 79.9. The van der Waals surface area contributed by atoms with E-state index in [2.05, 4.69) is 15.9 Å². The van der Waals surface area contributed by atoms with Crippen LogP contribution in [0, 0.1) is 12.3 Å². The number of benzene rings is 1. The molecule has 1 saturated carbocycles. The number of aryl methyl sites for hydroxylation is 1. The van der Waals surface area contributed by atoms with Gasteiger partial charge in [0.05, 0.1) is 6.61 Å². The number of hydrogen-bond acceptors (Lipinski definition) is 1. The molecule has 0 unspecified atom stereocenters. The molecule has 0 radical (unpaired) electrons. The van der Waals surface area contributed by atoms with Crippen LogP contribution in [0.4, 0.5) is 0 Å². The molecule has 1 aliphatic carbocycles. The summed E-state index contributed by atoms with van der Waals surface area (Å²) in [7, 11) is 0. The topological polar surface area (TPSA) is 9.23 Å². The van der Waals surface area contributed by atoms with Crippen molar-refractivity contribution in [2.24, 2.45) is 5.41 Å². The molecule has 0 aliphatic heterocycles. The maximum Gasteiger partial charge on any atom is 0.122 e. The summed E-state index contributed by atoms with van der Waals surface area (Å²) in [6.45, 7) is 2.84. The molecule has 16 heavy (non-hydrogen) atoms. The monoisotopic (exact) mass is 302 g/mol. The largest absolute Gasteiger partial charge is 0.493 e. The zero-order valence-corrected chi connectivity index (χ0v) is 11.8. The van der Waals surface area contributed by atoms with E-state index < -0.39 is 0 Å². The lowest BCUT2D eigenvalue weighted by molar-refractivity contribution is 0.0834. The van der Waals surface area contributed by atoms with Gasteiger partial charge < -0.3 is 4.74 Å². The van der Waals surface area contributed by atoms with Gasteiger partial charge in [0.1, 0.15) is 5.75 Å². The molecule has 1 fully saturated rings. The van der Waals surface area contributed by atoms with E-state index in [9.17, 15) is 0 Å². The molecule has 0 amide bonds. The predicted molar refractivity (Wildman–Crippen MR) is 71.8 cm³/mol. The highest BCUT2D eigenvalue weighted by molar-refractivity contribution is 9.09. The van der Waals surface area contributed by atoms with Crippen molar-refractivity contribution < 1.29 is 4.74 Å². The van der Waals surface area contributed by atoms with E-state index in [1.54, 1.807) is 0 Å². The van der Waals surface area contributed by atoms with Crippen LogP contribution in [0.2, 0.25) is 5.02 Å². The van der Waals surface area contributed by atoms with E-state index in [0.29, 0.717) is 5.41 Å². The first-order chi connectivity index (χ1) is 7.65. The van der Waals surface area contributed by atoms with E-state index >= 15 is 0 Å². The Balaban J connectivity index is 1.99. The lowest BCUT2D eigenvalue weighted by atomic mass is 9.71. The molecular weight excluding hydrogens is 287 g/mol. The highest BCUT2D eigenvalue weighted by Gasteiger charge is 2.36. The van der Waals surface area contributed by atoms with Crippen LogP contribution in [0.5, 0.6) is 5.75 Å². The quantitative estimate of drug-likeness (QED) is 0.739. The average molecular weight is 304 g/mol. The molecule has 1 aromatic carbocycles. The number of hydrogen-bond donors (Lipinski definition) is 0. The van der Waals surface area contributed by atoms with Crippen LogP contribution in [-0.4, -0.2) is 11.9 Å². The number of rotatable bonds is 4. The van der Waals surface area contributed by atoms with Crippen molar-refractivity contribution >= 4 is 27.5 Å². The summed E-state index contributed by atoms with van der Waals surface area (Å²) >= 11 is 9.50. The van der Waals surface area contributed by atoms with Crippen LogP contribution in [-0.2, 0) is 0 Å². The third-order valence-corrected chi connectivity index (χ3v) is 4.79. The van der Waals surface area contributed by atoms with Crippen molar-refractivity contribution in [1.82, 2.24) is 0 Å². The molecule has 0 aromatic heterocycles. The van der Waals surface area contributed by atoms with Crippen molar-refractivity contribution in [1.29, 1.82) is 0 Å². The second-order valence-corrected chi connectivity index (χ2v) is 5.68. The predicted octanol–water partition coefficient (Wildman–Crippen LogP) is 4.59. The van der Waals surface area contributed by atoms with Gasteiger partial charge >= 0.3 is 0 Å². The minimum absolute atomic E-state index is 0.367. The third kappa shape index (κ3) is 2.54. The van der Waals surface area contributed by atoms with Gasteiger partial charge in [-0.1, -0.05) is 34.0 Å². The Kier molecular flexibility index (Phi) is 3.81. The molecule has 2 rings (SSSR count). The van der Waals surface area contributed by atoms with Crippen LogP contribution in [0.25, 0.3) is 0 Å². The summed E-state index contributed by atoms with van der Waals surface area (Å²) in [5.41, 5.74) is 1.48. The maximum atomic E-state index is 5.91. The van der Waals surface area contributed by atoms with Crippen LogP contribution in [0.1, 0.15) is 24.8 Å². The fourth-order valence-corrected chi connectivity index (χ4v) is 2.95. The second-order valence-electron chi connectivity index (χ2n) is 4.69. The Labute approximate surface area is 110 Å². The highest BCUT2D eigenvalue weighted by Crippen LogP contribution is 2.42. The Hall–Kier alpha value is -0.210. The molecule has 0 atom stereocenters. The average Bonchev–Trinajstić information content (AvgIpc) is 2.19. The summed E-state index contributed by atoms with van der Waals surface area (Å²) < 4.78 is 5.90. The third-order valence-electron chi connectivity index (χ3n) is 3.37. The van der Waals surface area contributed by atoms with Crippen LogP contribution >= 0.6 is 27.5 Å². The lowest BCUT2D eigenvalue weighted by Crippen LogP contribution is -2.37. The number of alkyl halides is 1. The van der Waals surface area contributed by atoms with Crippen molar-refractivity contribution in [3.05, 3.63) is 28.8 Å². The molecule has 3 heteroatoms. The summed E-state index contributed by atoms with van der Waals surface area (Å²) in [5, 5.41) is 1.80. The Morgan fingerprint density at radius 1 is 1.44 bits per heavy atom. The molecule has 1 nitrogen and oxygen atoms in total. The molecule has 0 heterocycles. The first-order valence-electron chi connectivity index (χ1n) is 5.60. The van der Waals surface area contributed by atoms with E-state index in [-0.39, 0.29) is 0 Å². The van der Waals surface area contributed by atoms with Crippen molar-refractivity contribution in [3.8, 4) is 5.75 Å². The van der Waals surface area contributed by atoms with Gasteiger partial charge in [-0.3, -0.25) is 0 Å². The van der Waals surface area contributed by atoms with Gasteiger partial charge in [-0.05, 0) is 43.5 Å². The fraction of sp³-hybridized carbons (Fsp3) is 0.538. The van der Waals surface area contributed by atoms with Gasteiger partial charge in [0, 0.05) is 15.8 Å². The smallest absolute Gasteiger partial charge is 0.122 e. The zero-order chi connectivity index (χ0) is 11.6. The molecule has 88 valence electrons. The van der Waals surface area contributed by atoms with E-state index in [1.165, 1.54) is 19.3 Å². The van der Waals surface area contributed by atoms with Gasteiger partial charge in [-0.25, -0.2) is 0 Å². The van der Waals surface area contributed by atoms with Gasteiger partial charge in [-0.2, -0.15) is 0 Å². The van der Waals surface area contributed by atoms with Crippen LogP contribution in [0.15, 0.2) is 18.2 Å². The van der Waals surface area contributed by atoms with E-state index in [4.69, 9.17) is 16.3 Å². The summed E-state index contributed by atoms with van der Waals surface area (Å²) in [5.74, 6) is 0.955.